The van der Waals surface area contributed by atoms with Crippen molar-refractivity contribution in [2.45, 2.75) is 43.0 Å². The summed E-state index contributed by atoms with van der Waals surface area (Å²) in [5.74, 6) is -0.106. The fourth-order valence-electron chi connectivity index (χ4n) is 3.34. The van der Waals surface area contributed by atoms with Gasteiger partial charge in [-0.1, -0.05) is 12.8 Å². The highest BCUT2D eigenvalue weighted by molar-refractivity contribution is 7.89. The molecule has 0 unspecified atom stereocenters. The van der Waals surface area contributed by atoms with Gasteiger partial charge in [0, 0.05) is 25.4 Å². The first-order chi connectivity index (χ1) is 11.0. The van der Waals surface area contributed by atoms with E-state index in [0.29, 0.717) is 13.0 Å². The van der Waals surface area contributed by atoms with E-state index in [2.05, 4.69) is 4.72 Å². The highest BCUT2D eigenvalue weighted by atomic mass is 32.2. The zero-order valence-corrected chi connectivity index (χ0v) is 14.1. The SMILES string of the molecule is COCC(=O)N1CCc2cc(S(=O)(=O)NC3CCCC3)ccc21. The zero-order valence-electron chi connectivity index (χ0n) is 13.2. The van der Waals surface area contributed by atoms with Gasteiger partial charge < -0.3 is 9.64 Å². The Labute approximate surface area is 136 Å². The molecule has 1 amide bonds. The van der Waals surface area contributed by atoms with Gasteiger partial charge in [-0.3, -0.25) is 4.79 Å². The van der Waals surface area contributed by atoms with Crippen LogP contribution in [0.3, 0.4) is 0 Å². The molecule has 6 nitrogen and oxygen atoms in total. The standard InChI is InChI=1S/C16H22N2O4S/c1-22-11-16(19)18-9-8-12-10-14(6-7-15(12)18)23(20,21)17-13-4-2-3-5-13/h6-7,10,13,17H,2-5,8-9,11H2,1H3. The van der Waals surface area contributed by atoms with Gasteiger partial charge in [0.25, 0.3) is 5.91 Å². The van der Waals surface area contributed by atoms with Crippen molar-refractivity contribution in [2.75, 3.05) is 25.2 Å². The second-order valence-corrected chi connectivity index (χ2v) is 7.84. The summed E-state index contributed by atoms with van der Waals surface area (Å²) in [6, 6.07) is 5.04. The van der Waals surface area contributed by atoms with Crippen molar-refractivity contribution in [1.82, 2.24) is 4.72 Å². The molecule has 1 N–H and O–H groups in total. The van der Waals surface area contributed by atoms with Crippen LogP contribution in [0.4, 0.5) is 5.69 Å². The molecule has 0 saturated heterocycles. The van der Waals surface area contributed by atoms with E-state index in [1.165, 1.54) is 7.11 Å². The monoisotopic (exact) mass is 338 g/mol. The number of fused-ring (bicyclic) bond motifs is 1. The van der Waals surface area contributed by atoms with Gasteiger partial charge in [0.15, 0.2) is 0 Å². The highest BCUT2D eigenvalue weighted by Crippen LogP contribution is 2.30. The van der Waals surface area contributed by atoms with Gasteiger partial charge in [0.05, 0.1) is 4.90 Å². The van der Waals surface area contributed by atoms with Crippen LogP contribution in [0.5, 0.6) is 0 Å². The van der Waals surface area contributed by atoms with Crippen molar-refractivity contribution in [2.24, 2.45) is 0 Å². The molecule has 3 rings (SSSR count). The largest absolute Gasteiger partial charge is 0.375 e. The number of methoxy groups -OCH3 is 1. The first-order valence-corrected chi connectivity index (χ1v) is 9.44. The van der Waals surface area contributed by atoms with E-state index in [1.54, 1.807) is 23.1 Å². The second-order valence-electron chi connectivity index (χ2n) is 6.12. The molecule has 1 aromatic carbocycles. The first-order valence-electron chi connectivity index (χ1n) is 7.96. The van der Waals surface area contributed by atoms with Gasteiger partial charge in [-0.15, -0.1) is 0 Å². The van der Waals surface area contributed by atoms with Crippen molar-refractivity contribution >= 4 is 21.6 Å². The Kier molecular flexibility index (Phi) is 4.70. The van der Waals surface area contributed by atoms with Crippen LogP contribution in [0.2, 0.25) is 0 Å². The molecule has 1 aromatic rings. The van der Waals surface area contributed by atoms with Crippen LogP contribution in [0.1, 0.15) is 31.2 Å². The number of hydrogen-bond donors (Lipinski definition) is 1. The molecule has 126 valence electrons. The molecule has 0 spiro atoms. The number of benzene rings is 1. The molecule has 0 aromatic heterocycles. The topological polar surface area (TPSA) is 75.7 Å². The summed E-state index contributed by atoms with van der Waals surface area (Å²) < 4.78 is 32.7. The molecule has 23 heavy (non-hydrogen) atoms. The Bertz CT molecular complexity index is 696. The highest BCUT2D eigenvalue weighted by Gasteiger charge is 2.28. The van der Waals surface area contributed by atoms with Gasteiger partial charge in [0.1, 0.15) is 6.61 Å². The number of carbonyl (C=O) groups is 1. The van der Waals surface area contributed by atoms with E-state index >= 15 is 0 Å². The van der Waals surface area contributed by atoms with Crippen LogP contribution >= 0.6 is 0 Å². The molecule has 0 bridgehead atoms. The minimum Gasteiger partial charge on any atom is -0.375 e. The Morgan fingerprint density at radius 3 is 2.78 bits per heavy atom. The average molecular weight is 338 g/mol. The van der Waals surface area contributed by atoms with Crippen molar-refractivity contribution in [3.05, 3.63) is 23.8 Å². The zero-order chi connectivity index (χ0) is 16.4. The molecule has 0 radical (unpaired) electrons. The molecule has 7 heteroatoms. The van der Waals surface area contributed by atoms with E-state index in [9.17, 15) is 13.2 Å². The summed E-state index contributed by atoms with van der Waals surface area (Å²) in [7, 11) is -2.01. The molecular formula is C16H22N2O4S. The van der Waals surface area contributed by atoms with Crippen molar-refractivity contribution < 1.29 is 17.9 Å². The van der Waals surface area contributed by atoms with Crippen LogP contribution in [-0.2, 0) is 26.0 Å². The summed E-state index contributed by atoms with van der Waals surface area (Å²) in [5.41, 5.74) is 1.68. The third kappa shape index (κ3) is 3.41. The lowest BCUT2D eigenvalue weighted by Gasteiger charge is -2.17. The Morgan fingerprint density at radius 2 is 2.09 bits per heavy atom. The third-order valence-corrected chi connectivity index (χ3v) is 6.02. The quantitative estimate of drug-likeness (QED) is 0.881. The average Bonchev–Trinajstić information content (AvgIpc) is 3.15. The molecule has 1 aliphatic heterocycles. The van der Waals surface area contributed by atoms with Gasteiger partial charge in [-0.2, -0.15) is 0 Å². The van der Waals surface area contributed by atoms with Gasteiger partial charge >= 0.3 is 0 Å². The predicted octanol–water partition coefficient (Wildman–Crippen LogP) is 1.44. The number of amides is 1. The van der Waals surface area contributed by atoms with E-state index in [-0.39, 0.29) is 23.5 Å². The molecule has 0 atom stereocenters. The lowest BCUT2D eigenvalue weighted by molar-refractivity contribution is -0.122. The number of nitrogens with one attached hydrogen (secondary N) is 1. The lowest BCUT2D eigenvalue weighted by atomic mass is 10.2. The summed E-state index contributed by atoms with van der Waals surface area (Å²) in [4.78, 5) is 13.9. The minimum atomic E-state index is -3.49. The smallest absolute Gasteiger partial charge is 0.252 e. The summed E-state index contributed by atoms with van der Waals surface area (Å²) >= 11 is 0. The fourth-order valence-corrected chi connectivity index (χ4v) is 4.69. The van der Waals surface area contributed by atoms with Crippen molar-refractivity contribution in [3.63, 3.8) is 0 Å². The maximum Gasteiger partial charge on any atom is 0.252 e. The number of rotatable bonds is 5. The van der Waals surface area contributed by atoms with Crippen LogP contribution < -0.4 is 9.62 Å². The number of hydrogen-bond acceptors (Lipinski definition) is 4. The fraction of sp³-hybridized carbons (Fsp3) is 0.562. The number of nitrogens with zero attached hydrogens (tertiary/aromatic N) is 1. The van der Waals surface area contributed by atoms with Crippen LogP contribution in [0.15, 0.2) is 23.1 Å². The Balaban J connectivity index is 1.80. The van der Waals surface area contributed by atoms with Crippen LogP contribution in [0, 0.1) is 0 Å². The molecule has 1 fully saturated rings. The summed E-state index contributed by atoms with van der Waals surface area (Å²) in [6.45, 7) is 0.597. The molecule has 1 aliphatic carbocycles. The number of sulfonamides is 1. The summed E-state index contributed by atoms with van der Waals surface area (Å²) in [6.07, 6.45) is 4.63. The van der Waals surface area contributed by atoms with Gasteiger partial charge in [-0.25, -0.2) is 13.1 Å². The van der Waals surface area contributed by atoms with Gasteiger partial charge in [-0.05, 0) is 43.0 Å². The van der Waals surface area contributed by atoms with E-state index in [1.807, 2.05) is 0 Å². The van der Waals surface area contributed by atoms with Crippen LogP contribution in [0.25, 0.3) is 0 Å². The molecule has 2 aliphatic rings. The molecule has 1 saturated carbocycles. The number of carbonyl (C=O) groups excluding carboxylic acids is 1. The summed E-state index contributed by atoms with van der Waals surface area (Å²) in [5, 5.41) is 0. The third-order valence-electron chi connectivity index (χ3n) is 4.50. The van der Waals surface area contributed by atoms with E-state index in [0.717, 1.165) is 36.9 Å². The van der Waals surface area contributed by atoms with Crippen LogP contribution in [-0.4, -0.2) is 40.6 Å². The molecule has 1 heterocycles. The van der Waals surface area contributed by atoms with Crippen molar-refractivity contribution in [1.29, 1.82) is 0 Å². The molecular weight excluding hydrogens is 316 g/mol. The minimum absolute atomic E-state index is 0.0305. The number of ether oxygens (including phenoxy) is 1. The number of anilines is 1. The Morgan fingerprint density at radius 1 is 1.35 bits per heavy atom. The van der Waals surface area contributed by atoms with Crippen molar-refractivity contribution in [3.8, 4) is 0 Å². The van der Waals surface area contributed by atoms with Gasteiger partial charge in [0.2, 0.25) is 10.0 Å². The van der Waals surface area contributed by atoms with E-state index in [4.69, 9.17) is 4.74 Å². The normalized spacial score (nSPS) is 18.4. The first kappa shape index (κ1) is 16.4. The second kappa shape index (κ2) is 6.59. The maximum atomic E-state index is 12.5. The van der Waals surface area contributed by atoms with E-state index < -0.39 is 10.0 Å². The predicted molar refractivity (Wildman–Crippen MR) is 87.0 cm³/mol. The lowest BCUT2D eigenvalue weighted by Crippen LogP contribution is -2.33. The Hall–Kier alpha value is -1.44. The maximum absolute atomic E-state index is 12.5.